The maximum Gasteiger partial charge on any atom is 0.341 e. The number of ether oxygens (including phenoxy) is 2. The zero-order chi connectivity index (χ0) is 16.9. The molecule has 1 aromatic carbocycles. The Morgan fingerprint density at radius 3 is 2.79 bits per heavy atom. The molecule has 1 N–H and O–H groups in total. The van der Waals surface area contributed by atoms with Gasteiger partial charge in [0.1, 0.15) is 16.7 Å². The molecule has 24 heavy (non-hydrogen) atoms. The summed E-state index contributed by atoms with van der Waals surface area (Å²) in [6, 6.07) is 9.59. The number of hydrogen-bond donors (Lipinski definition) is 1. The number of amides is 1. The molecule has 1 saturated heterocycles. The van der Waals surface area contributed by atoms with E-state index in [1.807, 2.05) is 35.7 Å². The molecule has 126 valence electrons. The lowest BCUT2D eigenvalue weighted by molar-refractivity contribution is -0.124. The van der Waals surface area contributed by atoms with Crippen LogP contribution in [0.5, 0.6) is 0 Å². The summed E-state index contributed by atoms with van der Waals surface area (Å²) in [6.45, 7) is 2.64. The van der Waals surface area contributed by atoms with Crippen molar-refractivity contribution in [2.24, 2.45) is 0 Å². The molecule has 0 saturated carbocycles. The number of carbonyl (C=O) groups is 2. The quantitative estimate of drug-likeness (QED) is 0.839. The van der Waals surface area contributed by atoms with Crippen molar-refractivity contribution in [2.45, 2.75) is 25.9 Å². The SMILES string of the molecule is CCOC(=O)c1c(-c2ccccc2)csc1NC(=O)[C@@H]1CCCO1. The number of anilines is 1. The monoisotopic (exact) mass is 345 g/mol. The first-order valence-electron chi connectivity index (χ1n) is 7.97. The van der Waals surface area contributed by atoms with Crippen molar-refractivity contribution in [3.63, 3.8) is 0 Å². The lowest BCUT2D eigenvalue weighted by atomic mass is 10.0. The molecule has 3 rings (SSSR count). The highest BCUT2D eigenvalue weighted by Gasteiger charge is 2.27. The number of carbonyl (C=O) groups excluding carboxylic acids is 2. The average Bonchev–Trinajstić information content (AvgIpc) is 3.25. The van der Waals surface area contributed by atoms with Crippen LogP contribution in [0.2, 0.25) is 0 Å². The molecule has 0 bridgehead atoms. The topological polar surface area (TPSA) is 64.6 Å². The van der Waals surface area contributed by atoms with Crippen LogP contribution in [0.3, 0.4) is 0 Å². The van der Waals surface area contributed by atoms with Crippen LogP contribution in [0.4, 0.5) is 5.00 Å². The van der Waals surface area contributed by atoms with Gasteiger partial charge in [0.15, 0.2) is 0 Å². The molecule has 0 spiro atoms. The molecule has 2 heterocycles. The van der Waals surface area contributed by atoms with Gasteiger partial charge in [0.05, 0.1) is 6.61 Å². The molecular formula is C18H19NO4S. The molecule has 1 amide bonds. The molecule has 1 aliphatic heterocycles. The highest BCUT2D eigenvalue weighted by molar-refractivity contribution is 7.15. The minimum Gasteiger partial charge on any atom is -0.462 e. The zero-order valence-electron chi connectivity index (χ0n) is 13.4. The third kappa shape index (κ3) is 3.49. The highest BCUT2D eigenvalue weighted by Crippen LogP contribution is 2.36. The first-order chi connectivity index (χ1) is 11.7. The fraction of sp³-hybridized carbons (Fsp3) is 0.333. The minimum absolute atomic E-state index is 0.209. The fourth-order valence-electron chi connectivity index (χ4n) is 2.66. The van der Waals surface area contributed by atoms with Crippen LogP contribution in [-0.4, -0.2) is 31.2 Å². The van der Waals surface area contributed by atoms with Gasteiger partial charge in [0.2, 0.25) is 0 Å². The van der Waals surface area contributed by atoms with E-state index in [-0.39, 0.29) is 12.5 Å². The predicted molar refractivity (Wildman–Crippen MR) is 93.3 cm³/mol. The Kier molecular flexibility index (Phi) is 5.27. The number of esters is 1. The van der Waals surface area contributed by atoms with E-state index in [2.05, 4.69) is 5.32 Å². The summed E-state index contributed by atoms with van der Waals surface area (Å²) in [4.78, 5) is 24.7. The van der Waals surface area contributed by atoms with Crippen LogP contribution in [-0.2, 0) is 14.3 Å². The van der Waals surface area contributed by atoms with E-state index in [9.17, 15) is 9.59 Å². The Balaban J connectivity index is 1.92. The van der Waals surface area contributed by atoms with Gasteiger partial charge in [0, 0.05) is 17.6 Å². The number of rotatable bonds is 5. The van der Waals surface area contributed by atoms with E-state index in [4.69, 9.17) is 9.47 Å². The van der Waals surface area contributed by atoms with E-state index in [0.717, 1.165) is 17.5 Å². The van der Waals surface area contributed by atoms with Gasteiger partial charge in [-0.3, -0.25) is 4.79 Å². The van der Waals surface area contributed by atoms with E-state index >= 15 is 0 Å². The van der Waals surface area contributed by atoms with Gasteiger partial charge < -0.3 is 14.8 Å². The molecule has 1 aromatic heterocycles. The number of thiophene rings is 1. The summed E-state index contributed by atoms with van der Waals surface area (Å²) in [5, 5.41) is 5.21. The van der Waals surface area contributed by atoms with Crippen LogP contribution in [0, 0.1) is 0 Å². The molecule has 5 nitrogen and oxygen atoms in total. The van der Waals surface area contributed by atoms with Crippen LogP contribution in [0.25, 0.3) is 11.1 Å². The molecule has 0 radical (unpaired) electrons. The van der Waals surface area contributed by atoms with E-state index < -0.39 is 12.1 Å². The second-order valence-corrected chi connectivity index (χ2v) is 6.31. The van der Waals surface area contributed by atoms with Crippen molar-refractivity contribution >= 4 is 28.2 Å². The van der Waals surface area contributed by atoms with E-state index in [0.29, 0.717) is 23.6 Å². The molecule has 1 atom stereocenters. The number of nitrogens with one attached hydrogen (secondary N) is 1. The summed E-state index contributed by atoms with van der Waals surface area (Å²) < 4.78 is 10.6. The molecule has 2 aromatic rings. The highest BCUT2D eigenvalue weighted by atomic mass is 32.1. The third-order valence-corrected chi connectivity index (χ3v) is 4.71. The van der Waals surface area contributed by atoms with Crippen LogP contribution >= 0.6 is 11.3 Å². The van der Waals surface area contributed by atoms with Gasteiger partial charge in [-0.1, -0.05) is 30.3 Å². The van der Waals surface area contributed by atoms with E-state index in [1.54, 1.807) is 6.92 Å². The molecule has 6 heteroatoms. The summed E-state index contributed by atoms with van der Waals surface area (Å²) >= 11 is 1.32. The molecule has 1 aliphatic rings. The number of hydrogen-bond acceptors (Lipinski definition) is 5. The van der Waals surface area contributed by atoms with Gasteiger partial charge in [0.25, 0.3) is 5.91 Å². The molecule has 0 aliphatic carbocycles. The van der Waals surface area contributed by atoms with Gasteiger partial charge in [-0.05, 0) is 25.3 Å². The summed E-state index contributed by atoms with van der Waals surface area (Å²) in [7, 11) is 0. The summed E-state index contributed by atoms with van der Waals surface area (Å²) in [5.74, 6) is -0.639. The van der Waals surface area contributed by atoms with Gasteiger partial charge >= 0.3 is 5.97 Å². The fourth-order valence-corrected chi connectivity index (χ4v) is 3.62. The lowest BCUT2D eigenvalue weighted by Gasteiger charge is -2.11. The molecule has 0 unspecified atom stereocenters. The number of benzene rings is 1. The van der Waals surface area contributed by atoms with Crippen LogP contribution < -0.4 is 5.32 Å². The molecular weight excluding hydrogens is 326 g/mol. The Morgan fingerprint density at radius 2 is 2.12 bits per heavy atom. The largest absolute Gasteiger partial charge is 0.462 e. The van der Waals surface area contributed by atoms with Crippen molar-refractivity contribution in [3.05, 3.63) is 41.3 Å². The van der Waals surface area contributed by atoms with Crippen LogP contribution in [0.15, 0.2) is 35.7 Å². The van der Waals surface area contributed by atoms with Gasteiger partial charge in [-0.25, -0.2) is 4.79 Å². The summed E-state index contributed by atoms with van der Waals surface area (Å²) in [6.07, 6.45) is 1.14. The van der Waals surface area contributed by atoms with Crippen molar-refractivity contribution in [1.29, 1.82) is 0 Å². The van der Waals surface area contributed by atoms with Crippen molar-refractivity contribution in [1.82, 2.24) is 0 Å². The van der Waals surface area contributed by atoms with Crippen LogP contribution in [0.1, 0.15) is 30.1 Å². The van der Waals surface area contributed by atoms with Gasteiger partial charge in [-0.2, -0.15) is 0 Å². The first kappa shape index (κ1) is 16.7. The average molecular weight is 345 g/mol. The minimum atomic E-state index is -0.442. The Bertz CT molecular complexity index is 720. The van der Waals surface area contributed by atoms with Gasteiger partial charge in [-0.15, -0.1) is 11.3 Å². The predicted octanol–water partition coefficient (Wildman–Crippen LogP) is 3.71. The first-order valence-corrected chi connectivity index (χ1v) is 8.85. The second-order valence-electron chi connectivity index (χ2n) is 5.43. The summed E-state index contributed by atoms with van der Waals surface area (Å²) in [5.41, 5.74) is 2.08. The smallest absolute Gasteiger partial charge is 0.341 e. The maximum absolute atomic E-state index is 12.4. The second kappa shape index (κ2) is 7.59. The van der Waals surface area contributed by atoms with Crippen molar-refractivity contribution in [2.75, 3.05) is 18.5 Å². The Hall–Kier alpha value is -2.18. The van der Waals surface area contributed by atoms with Crippen molar-refractivity contribution in [3.8, 4) is 11.1 Å². The zero-order valence-corrected chi connectivity index (χ0v) is 14.2. The maximum atomic E-state index is 12.4. The third-order valence-electron chi connectivity index (χ3n) is 3.81. The Morgan fingerprint density at radius 1 is 1.33 bits per heavy atom. The standard InChI is InChI=1S/C18H19NO4S/c1-2-22-18(21)15-13(12-7-4-3-5-8-12)11-24-17(15)19-16(20)14-9-6-10-23-14/h3-5,7-8,11,14H,2,6,9-10H2,1H3,(H,19,20)/t14-/m0/s1. The van der Waals surface area contributed by atoms with Crippen molar-refractivity contribution < 1.29 is 19.1 Å². The lowest BCUT2D eigenvalue weighted by Crippen LogP contribution is -2.27. The molecule has 1 fully saturated rings. The Labute approximate surface area is 144 Å². The van der Waals surface area contributed by atoms with E-state index in [1.165, 1.54) is 11.3 Å². The normalized spacial score (nSPS) is 16.8.